The van der Waals surface area contributed by atoms with Gasteiger partial charge in [0.15, 0.2) is 0 Å². The van der Waals surface area contributed by atoms with Crippen LogP contribution in [0.3, 0.4) is 0 Å². The summed E-state index contributed by atoms with van der Waals surface area (Å²) in [4.78, 5) is 0. The minimum absolute atomic E-state index is 0.320. The molecule has 0 aliphatic carbocycles. The fraction of sp³-hybridized carbons (Fsp3) is 0.538. The van der Waals surface area contributed by atoms with Crippen LogP contribution in [0.15, 0.2) is 24.3 Å². The lowest BCUT2D eigenvalue weighted by Gasteiger charge is -2.14. The third-order valence-corrected chi connectivity index (χ3v) is 3.78. The summed E-state index contributed by atoms with van der Waals surface area (Å²) in [5.74, 6) is 1.80. The summed E-state index contributed by atoms with van der Waals surface area (Å²) in [7, 11) is 0. The zero-order valence-electron chi connectivity index (χ0n) is 10.4. The van der Waals surface area contributed by atoms with Crippen molar-refractivity contribution in [3.63, 3.8) is 0 Å². The molecule has 102 valence electrons. The van der Waals surface area contributed by atoms with E-state index in [1.807, 2.05) is 0 Å². The molecular weight excluding hydrogens is 261 g/mol. The Morgan fingerprint density at radius 2 is 1.89 bits per heavy atom. The highest BCUT2D eigenvalue weighted by Gasteiger charge is 2.30. The van der Waals surface area contributed by atoms with Crippen molar-refractivity contribution in [2.45, 2.75) is 26.1 Å². The molecule has 0 saturated carbocycles. The van der Waals surface area contributed by atoms with Crippen LogP contribution in [0.2, 0.25) is 0 Å². The maximum Gasteiger partial charge on any atom is 0.416 e. The van der Waals surface area contributed by atoms with Gasteiger partial charge < -0.3 is 5.11 Å². The summed E-state index contributed by atoms with van der Waals surface area (Å²) >= 11 is 1.55. The third-order valence-electron chi connectivity index (χ3n) is 2.33. The molecule has 0 amide bonds. The summed E-state index contributed by atoms with van der Waals surface area (Å²) in [6.07, 6.45) is -5.21. The molecule has 0 bridgehead atoms. The summed E-state index contributed by atoms with van der Waals surface area (Å²) in [5.41, 5.74) is -0.394. The molecule has 18 heavy (non-hydrogen) atoms. The zero-order valence-corrected chi connectivity index (χ0v) is 11.2. The Morgan fingerprint density at radius 1 is 1.22 bits per heavy atom. The highest BCUT2D eigenvalue weighted by molar-refractivity contribution is 7.99. The van der Waals surface area contributed by atoms with E-state index in [2.05, 4.69) is 13.8 Å². The first-order chi connectivity index (χ1) is 8.30. The molecule has 0 spiro atoms. The van der Waals surface area contributed by atoms with Gasteiger partial charge in [-0.15, -0.1) is 0 Å². The molecule has 1 aromatic rings. The largest absolute Gasteiger partial charge is 0.416 e. The van der Waals surface area contributed by atoms with Gasteiger partial charge in [0, 0.05) is 5.75 Å². The Kier molecular flexibility index (Phi) is 5.53. The molecule has 0 heterocycles. The van der Waals surface area contributed by atoms with Gasteiger partial charge in [0.2, 0.25) is 0 Å². The van der Waals surface area contributed by atoms with Gasteiger partial charge >= 0.3 is 6.18 Å². The van der Waals surface area contributed by atoms with Gasteiger partial charge in [0.05, 0.1) is 11.7 Å². The second-order valence-corrected chi connectivity index (χ2v) is 5.65. The van der Waals surface area contributed by atoms with Crippen LogP contribution in [-0.4, -0.2) is 16.6 Å². The Hall–Kier alpha value is -0.680. The molecule has 0 fully saturated rings. The van der Waals surface area contributed by atoms with Gasteiger partial charge in [-0.05, 0) is 29.4 Å². The van der Waals surface area contributed by atoms with Gasteiger partial charge in [-0.2, -0.15) is 24.9 Å². The Morgan fingerprint density at radius 3 is 2.44 bits per heavy atom. The fourth-order valence-corrected chi connectivity index (χ4v) is 2.46. The standard InChI is InChI=1S/C13H17F3OS/c1-9(2)7-18-8-12(17)10-4-3-5-11(6-10)13(14,15)16/h3-6,9,12,17H,7-8H2,1-2H3. The Labute approximate surface area is 109 Å². The van der Waals surface area contributed by atoms with Crippen LogP contribution in [-0.2, 0) is 6.18 Å². The molecule has 1 unspecified atom stereocenters. The number of benzene rings is 1. The van der Waals surface area contributed by atoms with Crippen molar-refractivity contribution in [2.24, 2.45) is 5.92 Å². The SMILES string of the molecule is CC(C)CSCC(O)c1cccc(C(F)(F)F)c1. The monoisotopic (exact) mass is 278 g/mol. The van der Waals surface area contributed by atoms with E-state index >= 15 is 0 Å². The number of rotatable bonds is 5. The number of halogens is 3. The van der Waals surface area contributed by atoms with E-state index < -0.39 is 17.8 Å². The van der Waals surface area contributed by atoms with Crippen molar-refractivity contribution in [2.75, 3.05) is 11.5 Å². The van der Waals surface area contributed by atoms with Gasteiger partial charge in [-0.3, -0.25) is 0 Å². The van der Waals surface area contributed by atoms with Crippen LogP contribution in [0.25, 0.3) is 0 Å². The highest BCUT2D eigenvalue weighted by Crippen LogP contribution is 2.31. The van der Waals surface area contributed by atoms with E-state index in [1.54, 1.807) is 11.8 Å². The van der Waals surface area contributed by atoms with Crippen molar-refractivity contribution >= 4 is 11.8 Å². The Bertz CT molecular complexity index is 377. The van der Waals surface area contributed by atoms with Gasteiger partial charge in [0.25, 0.3) is 0 Å². The van der Waals surface area contributed by atoms with Crippen molar-refractivity contribution in [3.8, 4) is 0 Å². The van der Waals surface area contributed by atoms with E-state index in [1.165, 1.54) is 12.1 Å². The molecule has 1 aromatic carbocycles. The van der Waals surface area contributed by atoms with Gasteiger partial charge in [0.1, 0.15) is 0 Å². The Balaban J connectivity index is 2.66. The van der Waals surface area contributed by atoms with Crippen LogP contribution >= 0.6 is 11.8 Å². The molecule has 1 nitrogen and oxygen atoms in total. The van der Waals surface area contributed by atoms with Gasteiger partial charge in [-0.1, -0.05) is 26.0 Å². The lowest BCUT2D eigenvalue weighted by Crippen LogP contribution is -2.08. The maximum atomic E-state index is 12.5. The molecule has 1 rings (SSSR count). The van der Waals surface area contributed by atoms with Crippen LogP contribution in [0.1, 0.15) is 31.1 Å². The van der Waals surface area contributed by atoms with Crippen molar-refractivity contribution in [1.29, 1.82) is 0 Å². The molecule has 5 heteroatoms. The third kappa shape index (κ3) is 4.90. The number of thioether (sulfide) groups is 1. The lowest BCUT2D eigenvalue weighted by atomic mass is 10.1. The van der Waals surface area contributed by atoms with E-state index in [0.29, 0.717) is 17.2 Å². The first-order valence-corrected chi connectivity index (χ1v) is 6.89. The molecule has 0 aliphatic heterocycles. The molecule has 0 aromatic heterocycles. The quantitative estimate of drug-likeness (QED) is 0.874. The molecule has 0 aliphatic rings. The molecule has 1 atom stereocenters. The summed E-state index contributed by atoms with van der Waals surface area (Å²) < 4.78 is 37.5. The first-order valence-electron chi connectivity index (χ1n) is 5.73. The van der Waals surface area contributed by atoms with E-state index in [0.717, 1.165) is 17.9 Å². The molecule has 0 saturated heterocycles. The summed E-state index contributed by atoms with van der Waals surface area (Å²) in [5, 5.41) is 9.84. The minimum atomic E-state index is -4.36. The summed E-state index contributed by atoms with van der Waals surface area (Å²) in [6.45, 7) is 4.12. The number of alkyl halides is 3. The number of hydrogen-bond donors (Lipinski definition) is 1. The van der Waals surface area contributed by atoms with Crippen LogP contribution < -0.4 is 0 Å². The number of aliphatic hydroxyl groups excluding tert-OH is 1. The van der Waals surface area contributed by atoms with E-state index in [9.17, 15) is 18.3 Å². The first kappa shape index (κ1) is 15.4. The van der Waals surface area contributed by atoms with Crippen molar-refractivity contribution < 1.29 is 18.3 Å². The molecule has 0 radical (unpaired) electrons. The second kappa shape index (κ2) is 6.48. The van der Waals surface area contributed by atoms with E-state index in [-0.39, 0.29) is 0 Å². The van der Waals surface area contributed by atoms with Crippen molar-refractivity contribution in [3.05, 3.63) is 35.4 Å². The maximum absolute atomic E-state index is 12.5. The fourth-order valence-electron chi connectivity index (χ4n) is 1.43. The second-order valence-electron chi connectivity index (χ2n) is 4.57. The number of hydrogen-bond acceptors (Lipinski definition) is 2. The highest BCUT2D eigenvalue weighted by atomic mass is 32.2. The lowest BCUT2D eigenvalue weighted by molar-refractivity contribution is -0.137. The molecule has 1 N–H and O–H groups in total. The zero-order chi connectivity index (χ0) is 13.8. The predicted molar refractivity (Wildman–Crippen MR) is 68.6 cm³/mol. The van der Waals surface area contributed by atoms with Crippen LogP contribution in [0.4, 0.5) is 13.2 Å². The minimum Gasteiger partial charge on any atom is -0.388 e. The van der Waals surface area contributed by atoms with Gasteiger partial charge in [-0.25, -0.2) is 0 Å². The average molecular weight is 278 g/mol. The van der Waals surface area contributed by atoms with E-state index in [4.69, 9.17) is 0 Å². The van der Waals surface area contributed by atoms with Crippen LogP contribution in [0.5, 0.6) is 0 Å². The van der Waals surface area contributed by atoms with Crippen molar-refractivity contribution in [1.82, 2.24) is 0 Å². The smallest absolute Gasteiger partial charge is 0.388 e. The van der Waals surface area contributed by atoms with Crippen LogP contribution in [0, 0.1) is 5.92 Å². The number of aliphatic hydroxyl groups is 1. The molecular formula is C13H17F3OS. The summed E-state index contributed by atoms with van der Waals surface area (Å²) in [6, 6.07) is 4.88. The normalized spacial score (nSPS) is 13.9. The predicted octanol–water partition coefficient (Wildman–Crippen LogP) is 4.13. The average Bonchev–Trinajstić information content (AvgIpc) is 2.27. The topological polar surface area (TPSA) is 20.2 Å².